The Kier molecular flexibility index (Phi) is 4.58. The summed E-state index contributed by atoms with van der Waals surface area (Å²) in [5.74, 6) is -0.446. The third kappa shape index (κ3) is 3.98. The van der Waals surface area contributed by atoms with Crippen molar-refractivity contribution in [2.75, 3.05) is 5.32 Å². The van der Waals surface area contributed by atoms with Gasteiger partial charge in [-0.3, -0.25) is 4.79 Å². The largest absolute Gasteiger partial charge is 0.416 e. The lowest BCUT2D eigenvalue weighted by atomic mass is 10.2. The van der Waals surface area contributed by atoms with E-state index in [-0.39, 0.29) is 5.69 Å². The van der Waals surface area contributed by atoms with Gasteiger partial charge in [-0.2, -0.15) is 13.2 Å². The molecule has 2 aromatic rings. The summed E-state index contributed by atoms with van der Waals surface area (Å²) in [5, 5.41) is 2.98. The molecule has 1 N–H and O–H groups in total. The Labute approximate surface area is 132 Å². The second-order valence-electron chi connectivity index (χ2n) is 4.15. The van der Waals surface area contributed by atoms with Gasteiger partial charge in [0, 0.05) is 15.2 Å². The highest BCUT2D eigenvalue weighted by molar-refractivity contribution is 9.10. The van der Waals surface area contributed by atoms with Crippen LogP contribution in [-0.2, 0) is 6.18 Å². The molecular weight excluding hydrogens is 371 g/mol. The minimum Gasteiger partial charge on any atom is -0.322 e. The maximum atomic E-state index is 12.4. The van der Waals surface area contributed by atoms with Crippen molar-refractivity contribution in [3.05, 3.63) is 63.1 Å². The molecule has 1 amide bonds. The molecule has 0 aromatic heterocycles. The Morgan fingerprint density at radius 2 is 1.71 bits per heavy atom. The Morgan fingerprint density at radius 1 is 1.10 bits per heavy atom. The quantitative estimate of drug-likeness (QED) is 0.747. The van der Waals surface area contributed by atoms with Crippen molar-refractivity contribution in [2.45, 2.75) is 6.18 Å². The highest BCUT2D eigenvalue weighted by Crippen LogP contribution is 2.30. The molecule has 7 heteroatoms. The Morgan fingerprint density at radius 3 is 2.24 bits per heavy atom. The molecule has 0 heterocycles. The topological polar surface area (TPSA) is 29.1 Å². The van der Waals surface area contributed by atoms with Gasteiger partial charge in [0.15, 0.2) is 0 Å². The number of carbonyl (C=O) groups is 1. The lowest BCUT2D eigenvalue weighted by molar-refractivity contribution is -0.137. The van der Waals surface area contributed by atoms with E-state index in [2.05, 4.69) is 21.2 Å². The van der Waals surface area contributed by atoms with Crippen molar-refractivity contribution in [1.29, 1.82) is 0 Å². The third-order valence-corrected chi connectivity index (χ3v) is 3.54. The van der Waals surface area contributed by atoms with Crippen LogP contribution in [0.15, 0.2) is 46.9 Å². The van der Waals surface area contributed by atoms with Crippen LogP contribution in [0.1, 0.15) is 15.9 Å². The molecule has 0 radical (unpaired) electrons. The second-order valence-corrected chi connectivity index (χ2v) is 5.44. The van der Waals surface area contributed by atoms with Crippen molar-refractivity contribution in [3.8, 4) is 0 Å². The highest BCUT2D eigenvalue weighted by Gasteiger charge is 2.30. The standard InChI is InChI=1S/C14H8BrClF3NO/c15-12-7-9(16)3-6-11(12)13(21)20-10-4-1-8(2-5-10)14(17,18)19/h1-7H,(H,20,21). The third-order valence-electron chi connectivity index (χ3n) is 2.65. The van der Waals surface area contributed by atoms with Gasteiger partial charge < -0.3 is 5.32 Å². The molecule has 2 rings (SSSR count). The Balaban J connectivity index is 2.16. The van der Waals surface area contributed by atoms with Gasteiger partial charge in [-0.1, -0.05) is 11.6 Å². The number of nitrogens with one attached hydrogen (secondary N) is 1. The Hall–Kier alpha value is -1.53. The Bertz CT molecular complexity index is 671. The minimum absolute atomic E-state index is 0.273. The number of hydrogen-bond donors (Lipinski definition) is 1. The van der Waals surface area contributed by atoms with Crippen molar-refractivity contribution in [3.63, 3.8) is 0 Å². The minimum atomic E-state index is -4.40. The van der Waals surface area contributed by atoms with E-state index in [0.717, 1.165) is 12.1 Å². The summed E-state index contributed by atoms with van der Waals surface area (Å²) in [4.78, 5) is 12.0. The van der Waals surface area contributed by atoms with Crippen LogP contribution in [0.4, 0.5) is 18.9 Å². The zero-order chi connectivity index (χ0) is 15.6. The number of amides is 1. The summed E-state index contributed by atoms with van der Waals surface area (Å²) in [6, 6.07) is 8.84. The van der Waals surface area contributed by atoms with Gasteiger partial charge in [0.25, 0.3) is 5.91 Å². The summed E-state index contributed by atoms with van der Waals surface area (Å²) in [5.41, 5.74) is -0.165. The number of halogens is 5. The van der Waals surface area contributed by atoms with E-state index < -0.39 is 17.6 Å². The first-order valence-corrected chi connectivity index (χ1v) is 6.88. The number of hydrogen-bond acceptors (Lipinski definition) is 1. The smallest absolute Gasteiger partial charge is 0.322 e. The van der Waals surface area contributed by atoms with E-state index in [4.69, 9.17) is 11.6 Å². The van der Waals surface area contributed by atoms with E-state index >= 15 is 0 Å². The molecule has 0 atom stereocenters. The molecule has 0 spiro atoms. The average Bonchev–Trinajstić information content (AvgIpc) is 2.38. The molecule has 0 saturated carbocycles. The molecule has 2 aromatic carbocycles. The maximum absolute atomic E-state index is 12.4. The van der Waals surface area contributed by atoms with Crippen LogP contribution in [0.3, 0.4) is 0 Å². The highest BCUT2D eigenvalue weighted by atomic mass is 79.9. The maximum Gasteiger partial charge on any atom is 0.416 e. The summed E-state index contributed by atoms with van der Waals surface area (Å²) in [6.07, 6.45) is -4.40. The first-order chi connectivity index (χ1) is 9.77. The van der Waals surface area contributed by atoms with E-state index in [0.29, 0.717) is 15.1 Å². The van der Waals surface area contributed by atoms with Gasteiger partial charge in [-0.15, -0.1) is 0 Å². The first kappa shape index (κ1) is 15.9. The number of carbonyl (C=O) groups excluding carboxylic acids is 1. The van der Waals surface area contributed by atoms with E-state index in [1.165, 1.54) is 18.2 Å². The van der Waals surface area contributed by atoms with Crippen molar-refractivity contribution in [2.24, 2.45) is 0 Å². The van der Waals surface area contributed by atoms with Crippen molar-refractivity contribution < 1.29 is 18.0 Å². The van der Waals surface area contributed by atoms with Gasteiger partial charge in [0.1, 0.15) is 0 Å². The lowest BCUT2D eigenvalue weighted by Crippen LogP contribution is -2.13. The van der Waals surface area contributed by atoms with Crippen molar-refractivity contribution in [1.82, 2.24) is 0 Å². The van der Waals surface area contributed by atoms with Crippen LogP contribution in [-0.4, -0.2) is 5.91 Å². The summed E-state index contributed by atoms with van der Waals surface area (Å²) < 4.78 is 37.8. The fourth-order valence-electron chi connectivity index (χ4n) is 1.61. The second kappa shape index (κ2) is 6.07. The molecular formula is C14H8BrClF3NO. The first-order valence-electron chi connectivity index (χ1n) is 5.71. The summed E-state index contributed by atoms with van der Waals surface area (Å²) >= 11 is 8.98. The van der Waals surface area contributed by atoms with E-state index in [9.17, 15) is 18.0 Å². The molecule has 0 fully saturated rings. The fourth-order valence-corrected chi connectivity index (χ4v) is 2.48. The van der Waals surface area contributed by atoms with Crippen LogP contribution in [0.25, 0.3) is 0 Å². The molecule has 0 aliphatic rings. The molecule has 0 aliphatic heterocycles. The number of benzene rings is 2. The van der Waals surface area contributed by atoms with Gasteiger partial charge in [-0.05, 0) is 58.4 Å². The summed E-state index contributed by atoms with van der Waals surface area (Å²) in [7, 11) is 0. The van der Waals surface area contributed by atoms with Crippen LogP contribution in [0.2, 0.25) is 5.02 Å². The molecule has 0 bridgehead atoms. The normalized spacial score (nSPS) is 11.3. The van der Waals surface area contributed by atoms with Crippen molar-refractivity contribution >= 4 is 39.1 Å². The van der Waals surface area contributed by atoms with Gasteiger partial charge in [0.05, 0.1) is 11.1 Å². The molecule has 0 aliphatic carbocycles. The van der Waals surface area contributed by atoms with Gasteiger partial charge >= 0.3 is 6.18 Å². The molecule has 0 saturated heterocycles. The zero-order valence-electron chi connectivity index (χ0n) is 10.3. The van der Waals surface area contributed by atoms with Crippen LogP contribution < -0.4 is 5.32 Å². The average molecular weight is 379 g/mol. The predicted octanol–water partition coefficient (Wildman–Crippen LogP) is 5.37. The van der Waals surface area contributed by atoms with E-state index in [1.807, 2.05) is 0 Å². The monoisotopic (exact) mass is 377 g/mol. The SMILES string of the molecule is O=C(Nc1ccc(C(F)(F)F)cc1)c1ccc(Cl)cc1Br. The lowest BCUT2D eigenvalue weighted by Gasteiger charge is -2.09. The predicted molar refractivity (Wildman–Crippen MR) is 78.5 cm³/mol. The van der Waals surface area contributed by atoms with Gasteiger partial charge in [-0.25, -0.2) is 0 Å². The van der Waals surface area contributed by atoms with Gasteiger partial charge in [0.2, 0.25) is 0 Å². The number of anilines is 1. The van der Waals surface area contributed by atoms with Crippen LogP contribution in [0, 0.1) is 0 Å². The van der Waals surface area contributed by atoms with Crippen LogP contribution >= 0.6 is 27.5 Å². The molecule has 110 valence electrons. The fraction of sp³-hybridized carbons (Fsp3) is 0.0714. The molecule has 21 heavy (non-hydrogen) atoms. The zero-order valence-corrected chi connectivity index (χ0v) is 12.7. The van der Waals surface area contributed by atoms with Crippen LogP contribution in [0.5, 0.6) is 0 Å². The van der Waals surface area contributed by atoms with E-state index in [1.54, 1.807) is 12.1 Å². The molecule has 0 unspecified atom stereocenters. The number of rotatable bonds is 2. The number of alkyl halides is 3. The summed E-state index contributed by atoms with van der Waals surface area (Å²) in [6.45, 7) is 0. The molecule has 2 nitrogen and oxygen atoms in total.